The highest BCUT2D eigenvalue weighted by molar-refractivity contribution is 5.88. The normalized spacial score (nSPS) is 10.4. The number of hydrogen-bond acceptors (Lipinski definition) is 5. The summed E-state index contributed by atoms with van der Waals surface area (Å²) in [5, 5.41) is 6.39. The van der Waals surface area contributed by atoms with Gasteiger partial charge in [-0.3, -0.25) is 14.6 Å². The number of urea groups is 1. The lowest BCUT2D eigenvalue weighted by Gasteiger charge is -2.01. The number of anilines is 1. The standard InChI is InChI=1S/C15H10N4O3/c20-13-10-5-1-2-6-11(10)14(21)12(13)18-19-15(22)17-9-4-3-7-16-8-9/h1-8H,(H2,17,19,22). The molecule has 0 bridgehead atoms. The summed E-state index contributed by atoms with van der Waals surface area (Å²) >= 11 is 0. The number of aromatic nitrogens is 1. The summed E-state index contributed by atoms with van der Waals surface area (Å²) in [7, 11) is 0. The number of rotatable bonds is 2. The van der Waals surface area contributed by atoms with Crippen LogP contribution in [0, 0.1) is 0 Å². The minimum atomic E-state index is -0.669. The van der Waals surface area contributed by atoms with Gasteiger partial charge in [0.1, 0.15) is 0 Å². The highest BCUT2D eigenvalue weighted by atomic mass is 16.2. The summed E-state index contributed by atoms with van der Waals surface area (Å²) in [6, 6.07) is 9.05. The van der Waals surface area contributed by atoms with Crippen LogP contribution in [0.5, 0.6) is 0 Å². The van der Waals surface area contributed by atoms with Crippen LogP contribution in [-0.4, -0.2) is 11.0 Å². The lowest BCUT2D eigenvalue weighted by Crippen LogP contribution is -2.36. The number of amides is 2. The Morgan fingerprint density at radius 2 is 1.68 bits per heavy atom. The van der Waals surface area contributed by atoms with Crippen molar-refractivity contribution in [1.82, 2.24) is 10.4 Å². The van der Waals surface area contributed by atoms with Crippen LogP contribution >= 0.6 is 0 Å². The van der Waals surface area contributed by atoms with Crippen LogP contribution in [0.25, 0.3) is 10.8 Å². The molecule has 3 aromatic rings. The second kappa shape index (κ2) is 5.57. The van der Waals surface area contributed by atoms with Crippen LogP contribution < -0.4 is 27.0 Å². The first-order chi connectivity index (χ1) is 10.7. The van der Waals surface area contributed by atoms with Crippen molar-refractivity contribution in [3.8, 4) is 0 Å². The Labute approximate surface area is 123 Å². The highest BCUT2D eigenvalue weighted by Gasteiger charge is 2.10. The SMILES string of the molecule is O=C(NN=c1c(=O)c2ccccc2c1=O)Nc1cccnc1. The fraction of sp³-hybridized carbons (Fsp3) is 0. The van der Waals surface area contributed by atoms with Gasteiger partial charge in [0.15, 0.2) is 5.36 Å². The maximum atomic E-state index is 12.0. The Morgan fingerprint density at radius 3 is 2.27 bits per heavy atom. The minimum absolute atomic E-state index is 0.292. The average molecular weight is 294 g/mol. The molecule has 108 valence electrons. The smallest absolute Gasteiger partial charge is 0.305 e. The number of fused-ring (bicyclic) bond motifs is 1. The van der Waals surface area contributed by atoms with E-state index in [1.54, 1.807) is 42.6 Å². The molecule has 1 heterocycles. The van der Waals surface area contributed by atoms with E-state index in [0.717, 1.165) is 0 Å². The summed E-state index contributed by atoms with van der Waals surface area (Å²) in [5.41, 5.74) is 1.61. The van der Waals surface area contributed by atoms with Gasteiger partial charge in [0.2, 0.25) is 10.9 Å². The number of carbonyl (C=O) groups excluding carboxylic acids is 1. The molecule has 2 amide bonds. The lowest BCUT2D eigenvalue weighted by atomic mass is 10.2. The van der Waals surface area contributed by atoms with Gasteiger partial charge >= 0.3 is 6.03 Å². The molecular weight excluding hydrogens is 284 g/mol. The van der Waals surface area contributed by atoms with Crippen LogP contribution in [0.4, 0.5) is 10.5 Å². The number of carbonyl (C=O) groups is 1. The average Bonchev–Trinajstić information content (AvgIpc) is 2.78. The maximum absolute atomic E-state index is 12.0. The number of nitrogens with zero attached hydrogens (tertiary/aromatic N) is 2. The van der Waals surface area contributed by atoms with E-state index in [4.69, 9.17) is 0 Å². The van der Waals surface area contributed by atoms with Crippen LogP contribution in [-0.2, 0) is 0 Å². The van der Waals surface area contributed by atoms with Crippen LogP contribution in [0.2, 0.25) is 0 Å². The third-order valence-corrected chi connectivity index (χ3v) is 3.04. The topological polar surface area (TPSA) is 101 Å². The summed E-state index contributed by atoms with van der Waals surface area (Å²) in [6.07, 6.45) is 3.02. The van der Waals surface area contributed by atoms with E-state index in [2.05, 4.69) is 20.8 Å². The van der Waals surface area contributed by atoms with Gasteiger partial charge in [0.05, 0.1) is 11.9 Å². The zero-order valence-electron chi connectivity index (χ0n) is 11.2. The number of pyridine rings is 1. The quantitative estimate of drug-likeness (QED) is 0.671. The summed E-state index contributed by atoms with van der Waals surface area (Å²) in [5.74, 6) is 0. The van der Waals surface area contributed by atoms with Crippen molar-refractivity contribution in [3.05, 3.63) is 74.6 Å². The van der Waals surface area contributed by atoms with E-state index in [1.165, 1.54) is 6.20 Å². The monoisotopic (exact) mass is 294 g/mol. The molecular formula is C15H10N4O3. The lowest BCUT2D eigenvalue weighted by molar-refractivity contribution is 0.252. The summed E-state index contributed by atoms with van der Waals surface area (Å²) in [4.78, 5) is 39.6. The molecule has 0 saturated heterocycles. The van der Waals surface area contributed by atoms with Gasteiger partial charge in [0, 0.05) is 17.0 Å². The molecule has 0 atom stereocenters. The molecule has 0 saturated carbocycles. The van der Waals surface area contributed by atoms with Gasteiger partial charge in [-0.05, 0) is 12.1 Å². The Balaban J connectivity index is 1.89. The Morgan fingerprint density at radius 1 is 1.00 bits per heavy atom. The first-order valence-corrected chi connectivity index (χ1v) is 6.40. The van der Waals surface area contributed by atoms with Crippen LogP contribution in [0.1, 0.15) is 0 Å². The Kier molecular flexibility index (Phi) is 3.45. The number of hydrogen-bond donors (Lipinski definition) is 2. The van der Waals surface area contributed by atoms with E-state index in [-0.39, 0.29) is 5.36 Å². The molecule has 0 radical (unpaired) electrons. The minimum Gasteiger partial charge on any atom is -0.305 e. The first kappa shape index (κ1) is 13.6. The van der Waals surface area contributed by atoms with E-state index >= 15 is 0 Å². The second-order valence-electron chi connectivity index (χ2n) is 4.47. The van der Waals surface area contributed by atoms with Crippen molar-refractivity contribution in [3.63, 3.8) is 0 Å². The molecule has 1 aromatic heterocycles. The first-order valence-electron chi connectivity index (χ1n) is 6.40. The predicted octanol–water partition coefficient (Wildman–Crippen LogP) is 0.468. The number of benzene rings is 1. The predicted molar refractivity (Wildman–Crippen MR) is 80.8 cm³/mol. The summed E-state index contributed by atoms with van der Waals surface area (Å²) < 4.78 is 0. The molecule has 0 aliphatic heterocycles. The van der Waals surface area contributed by atoms with Crippen molar-refractivity contribution < 1.29 is 4.79 Å². The molecule has 0 spiro atoms. The van der Waals surface area contributed by atoms with Gasteiger partial charge in [0.25, 0.3) is 0 Å². The van der Waals surface area contributed by atoms with Crippen LogP contribution in [0.3, 0.4) is 0 Å². The van der Waals surface area contributed by atoms with E-state index in [1.807, 2.05) is 0 Å². The zero-order valence-corrected chi connectivity index (χ0v) is 11.2. The maximum Gasteiger partial charge on any atom is 0.339 e. The number of nitrogens with one attached hydrogen (secondary N) is 2. The molecule has 7 nitrogen and oxygen atoms in total. The molecule has 0 aliphatic carbocycles. The highest BCUT2D eigenvalue weighted by Crippen LogP contribution is 2.02. The molecule has 7 heteroatoms. The van der Waals surface area contributed by atoms with E-state index in [9.17, 15) is 14.4 Å². The van der Waals surface area contributed by atoms with Gasteiger partial charge in [-0.1, -0.05) is 24.3 Å². The van der Waals surface area contributed by atoms with Crippen molar-refractivity contribution >= 4 is 22.5 Å². The fourth-order valence-corrected chi connectivity index (χ4v) is 2.04. The fourth-order valence-electron chi connectivity index (χ4n) is 2.04. The molecule has 3 rings (SSSR count). The molecule has 0 unspecified atom stereocenters. The van der Waals surface area contributed by atoms with E-state index in [0.29, 0.717) is 16.5 Å². The Bertz CT molecular complexity index is 939. The second-order valence-corrected chi connectivity index (χ2v) is 4.47. The van der Waals surface area contributed by atoms with Gasteiger partial charge in [-0.15, -0.1) is 0 Å². The van der Waals surface area contributed by atoms with Crippen molar-refractivity contribution in [2.45, 2.75) is 0 Å². The molecule has 2 N–H and O–H groups in total. The molecule has 2 aromatic carbocycles. The molecule has 22 heavy (non-hydrogen) atoms. The van der Waals surface area contributed by atoms with Crippen molar-refractivity contribution in [2.24, 2.45) is 5.10 Å². The molecule has 0 aliphatic rings. The van der Waals surface area contributed by atoms with Gasteiger partial charge in [-0.25, -0.2) is 10.2 Å². The Hall–Kier alpha value is -3.35. The van der Waals surface area contributed by atoms with E-state index < -0.39 is 16.9 Å². The third kappa shape index (κ3) is 2.47. The van der Waals surface area contributed by atoms with Crippen molar-refractivity contribution in [1.29, 1.82) is 0 Å². The third-order valence-electron chi connectivity index (χ3n) is 3.04. The van der Waals surface area contributed by atoms with Crippen molar-refractivity contribution in [2.75, 3.05) is 5.32 Å². The van der Waals surface area contributed by atoms with Gasteiger partial charge < -0.3 is 5.32 Å². The van der Waals surface area contributed by atoms with Gasteiger partial charge in [-0.2, -0.15) is 5.10 Å². The largest absolute Gasteiger partial charge is 0.339 e. The zero-order chi connectivity index (χ0) is 15.5. The molecule has 0 fully saturated rings. The van der Waals surface area contributed by atoms with Crippen LogP contribution in [0.15, 0.2) is 63.5 Å². The summed E-state index contributed by atoms with van der Waals surface area (Å²) in [6.45, 7) is 0.